The molecule has 19 heavy (non-hydrogen) atoms. The molecule has 9 heteroatoms. The Morgan fingerprint density at radius 2 is 1.00 bits per heavy atom. The lowest BCUT2D eigenvalue weighted by molar-refractivity contribution is -0.303. The van der Waals surface area contributed by atoms with E-state index in [4.69, 9.17) is 0 Å². The van der Waals surface area contributed by atoms with Crippen molar-refractivity contribution in [3.05, 3.63) is 0 Å². The number of hydrogen-bond donors (Lipinski definition) is 0. The Kier molecular flexibility index (Phi) is 3.08. The van der Waals surface area contributed by atoms with E-state index in [0.717, 1.165) is 0 Å². The van der Waals surface area contributed by atoms with Crippen LogP contribution in [0.15, 0.2) is 0 Å². The van der Waals surface area contributed by atoms with E-state index in [0.29, 0.717) is 6.42 Å². The third-order valence-electron chi connectivity index (χ3n) is 3.69. The summed E-state index contributed by atoms with van der Waals surface area (Å²) in [6.45, 7) is 0. The molecule has 1 aliphatic carbocycles. The molecule has 2 fully saturated rings. The molecule has 1 aliphatic heterocycles. The fourth-order valence-electron chi connectivity index (χ4n) is 2.65. The van der Waals surface area contributed by atoms with Gasteiger partial charge in [-0.15, -0.1) is 0 Å². The van der Waals surface area contributed by atoms with E-state index in [2.05, 4.69) is 0 Å². The predicted octanol–water partition coefficient (Wildman–Crippen LogP) is 4.09. The minimum atomic E-state index is -6.10. The van der Waals surface area contributed by atoms with Crippen molar-refractivity contribution in [1.82, 2.24) is 4.90 Å². The molecule has 0 atom stereocenters. The van der Waals surface area contributed by atoms with Gasteiger partial charge in [0.25, 0.3) is 0 Å². The van der Waals surface area contributed by atoms with E-state index < -0.39 is 34.9 Å². The fourth-order valence-corrected chi connectivity index (χ4v) is 2.65. The van der Waals surface area contributed by atoms with Crippen LogP contribution in [0.5, 0.6) is 0 Å². The number of alkyl halides is 8. The van der Waals surface area contributed by atoms with Crippen molar-refractivity contribution in [2.75, 3.05) is 0 Å². The van der Waals surface area contributed by atoms with E-state index in [1.807, 2.05) is 0 Å². The Morgan fingerprint density at radius 3 is 1.37 bits per heavy atom. The Bertz CT molecular complexity index is 335. The van der Waals surface area contributed by atoms with Gasteiger partial charge < -0.3 is 0 Å². The highest BCUT2D eigenvalue weighted by Crippen LogP contribution is 2.64. The van der Waals surface area contributed by atoms with Gasteiger partial charge in [0.2, 0.25) is 0 Å². The summed E-state index contributed by atoms with van der Waals surface area (Å²) in [5, 5.41) is 0. The molecule has 1 saturated carbocycles. The van der Waals surface area contributed by atoms with Crippen molar-refractivity contribution in [2.45, 2.75) is 62.1 Å². The van der Waals surface area contributed by atoms with Crippen molar-refractivity contribution in [3.63, 3.8) is 0 Å². The smallest absolute Gasteiger partial charge is 0.191 e. The molecule has 1 saturated heterocycles. The summed E-state index contributed by atoms with van der Waals surface area (Å²) in [7, 11) is 0. The monoisotopic (exact) mass is 297 g/mol. The van der Waals surface area contributed by atoms with Gasteiger partial charge in [0.1, 0.15) is 0 Å². The third kappa shape index (κ3) is 1.62. The van der Waals surface area contributed by atoms with Gasteiger partial charge in [-0.2, -0.15) is 40.0 Å². The fraction of sp³-hybridized carbons (Fsp3) is 1.00. The van der Waals surface area contributed by atoms with E-state index in [9.17, 15) is 35.1 Å². The van der Waals surface area contributed by atoms with Crippen LogP contribution in [0, 0.1) is 0 Å². The Hall–Kier alpha value is -0.600. The molecule has 0 radical (unpaired) electrons. The van der Waals surface area contributed by atoms with Crippen LogP contribution in [0.1, 0.15) is 32.1 Å². The number of hydrogen-bond acceptors (Lipinski definition) is 1. The van der Waals surface area contributed by atoms with E-state index >= 15 is 0 Å². The van der Waals surface area contributed by atoms with Crippen molar-refractivity contribution in [3.8, 4) is 0 Å². The average Bonchev–Trinajstić information content (AvgIpc) is 2.35. The zero-order chi connectivity index (χ0) is 14.7. The topological polar surface area (TPSA) is 3.24 Å². The summed E-state index contributed by atoms with van der Waals surface area (Å²) in [5.74, 6) is -12.2. The molecular weight excluding hydrogens is 286 g/mol. The number of nitrogens with zero attached hydrogens (tertiary/aromatic N) is 1. The van der Waals surface area contributed by atoms with Gasteiger partial charge in [-0.3, -0.25) is 0 Å². The normalized spacial score (nSPS) is 33.5. The number of likely N-dealkylation sites (tertiary alicyclic amines) is 1. The molecule has 0 bridgehead atoms. The van der Waals surface area contributed by atoms with Crippen molar-refractivity contribution < 1.29 is 35.1 Å². The molecule has 0 aromatic rings. The van der Waals surface area contributed by atoms with Crippen molar-refractivity contribution in [2.24, 2.45) is 0 Å². The van der Waals surface area contributed by atoms with E-state index in [1.54, 1.807) is 0 Å². The second-order valence-corrected chi connectivity index (χ2v) is 4.89. The summed E-state index contributed by atoms with van der Waals surface area (Å²) < 4.78 is 105. The van der Waals surface area contributed by atoms with Crippen molar-refractivity contribution in [1.29, 1.82) is 0 Å². The zero-order valence-electron chi connectivity index (χ0n) is 9.58. The highest BCUT2D eigenvalue weighted by molar-refractivity contribution is 5.13. The maximum atomic E-state index is 13.4. The standard InChI is InChI=1S/C10H11F8N/c11-7(12)8(13,14)10(17,18)19(9(7,15)16)6-4-2-1-3-5-6/h6H,1-5H2. The van der Waals surface area contributed by atoms with Crippen LogP contribution >= 0.6 is 0 Å². The van der Waals surface area contributed by atoms with Crippen molar-refractivity contribution >= 4 is 0 Å². The molecule has 0 aromatic heterocycles. The van der Waals surface area contributed by atoms with Crippen LogP contribution in [0.2, 0.25) is 0 Å². The van der Waals surface area contributed by atoms with E-state index in [-0.39, 0.29) is 25.7 Å². The van der Waals surface area contributed by atoms with Crippen LogP contribution < -0.4 is 0 Å². The maximum absolute atomic E-state index is 13.4. The van der Waals surface area contributed by atoms with Gasteiger partial charge in [0.15, 0.2) is 0 Å². The first kappa shape index (κ1) is 14.8. The summed E-state index contributed by atoms with van der Waals surface area (Å²) >= 11 is 0. The quantitative estimate of drug-likeness (QED) is 0.520. The third-order valence-corrected chi connectivity index (χ3v) is 3.69. The minimum Gasteiger partial charge on any atom is -0.191 e. The Balaban J connectivity index is 2.47. The van der Waals surface area contributed by atoms with E-state index in [1.165, 1.54) is 0 Å². The first-order valence-corrected chi connectivity index (χ1v) is 5.78. The lowest BCUT2D eigenvalue weighted by Crippen LogP contribution is -2.55. The molecule has 1 heterocycles. The van der Waals surface area contributed by atoms with Gasteiger partial charge in [-0.1, -0.05) is 19.3 Å². The Labute approximate surface area is 103 Å². The van der Waals surface area contributed by atoms with Crippen LogP contribution in [0.4, 0.5) is 35.1 Å². The molecule has 0 amide bonds. The van der Waals surface area contributed by atoms with Crippen LogP contribution in [0.25, 0.3) is 0 Å². The van der Waals surface area contributed by atoms with Gasteiger partial charge >= 0.3 is 23.9 Å². The van der Waals surface area contributed by atoms with Gasteiger partial charge in [0.05, 0.1) is 0 Å². The van der Waals surface area contributed by atoms with Crippen LogP contribution in [-0.2, 0) is 0 Å². The highest BCUT2D eigenvalue weighted by atomic mass is 19.4. The SMILES string of the molecule is FC1(F)N(C2CCCCC2)C(F)(F)C(F)(F)C1(F)F. The molecule has 0 unspecified atom stereocenters. The maximum Gasteiger partial charge on any atom is 0.394 e. The lowest BCUT2D eigenvalue weighted by Gasteiger charge is -2.37. The second kappa shape index (κ2) is 3.95. The number of rotatable bonds is 1. The van der Waals surface area contributed by atoms with Gasteiger partial charge in [0, 0.05) is 6.04 Å². The first-order chi connectivity index (χ1) is 8.48. The largest absolute Gasteiger partial charge is 0.394 e. The molecular formula is C10H11F8N. The molecule has 0 spiro atoms. The molecule has 2 rings (SSSR count). The second-order valence-electron chi connectivity index (χ2n) is 4.89. The molecule has 112 valence electrons. The first-order valence-electron chi connectivity index (χ1n) is 5.78. The molecule has 0 N–H and O–H groups in total. The molecule has 0 aromatic carbocycles. The lowest BCUT2D eigenvalue weighted by atomic mass is 9.94. The summed E-state index contributed by atoms with van der Waals surface area (Å²) in [4.78, 5) is -1.26. The summed E-state index contributed by atoms with van der Waals surface area (Å²) in [6.07, 6.45) is 0.665. The minimum absolute atomic E-state index is 0.225. The summed E-state index contributed by atoms with van der Waals surface area (Å²) in [5.41, 5.74) is 0. The molecule has 2 aliphatic rings. The molecule has 1 nitrogen and oxygen atoms in total. The van der Waals surface area contributed by atoms with Crippen LogP contribution in [-0.4, -0.2) is 34.9 Å². The summed E-state index contributed by atoms with van der Waals surface area (Å²) in [6, 6.07) is -12.8. The number of halogens is 8. The Morgan fingerprint density at radius 1 is 0.632 bits per heavy atom. The average molecular weight is 297 g/mol. The zero-order valence-corrected chi connectivity index (χ0v) is 9.58. The highest BCUT2D eigenvalue weighted by Gasteiger charge is 2.93. The van der Waals surface area contributed by atoms with Crippen LogP contribution in [0.3, 0.4) is 0 Å². The van der Waals surface area contributed by atoms with Gasteiger partial charge in [-0.05, 0) is 12.8 Å². The van der Waals surface area contributed by atoms with Gasteiger partial charge in [-0.25, -0.2) is 0 Å². The predicted molar refractivity (Wildman–Crippen MR) is 48.5 cm³/mol.